The fourth-order valence-electron chi connectivity index (χ4n) is 3.27. The molecule has 0 saturated carbocycles. The summed E-state index contributed by atoms with van der Waals surface area (Å²) in [4.78, 5) is 25.2. The lowest BCUT2D eigenvalue weighted by Gasteiger charge is -2.41. The number of thiazole rings is 1. The molecule has 4 rings (SSSR count). The first kappa shape index (κ1) is 24.3. The number of thioether (sulfide) groups is 1. The second kappa shape index (κ2) is 10.0. The Balaban J connectivity index is 0.00000141. The van der Waals surface area contributed by atoms with E-state index in [-0.39, 0.29) is 11.6 Å². The van der Waals surface area contributed by atoms with Crippen LogP contribution in [0.4, 0.5) is 19.0 Å². The first-order chi connectivity index (χ1) is 15.2. The first-order valence-corrected chi connectivity index (χ1v) is 11.7. The summed E-state index contributed by atoms with van der Waals surface area (Å²) in [6, 6.07) is 2.15. The van der Waals surface area contributed by atoms with Crippen molar-refractivity contribution < 1.29 is 27.4 Å². The molecule has 2 aromatic rings. The maximum Gasteiger partial charge on any atom is 0.573 e. The molecule has 3 N–H and O–H groups in total. The minimum Gasteiger partial charge on any atom is -0.404 e. The molecule has 4 heterocycles. The van der Waals surface area contributed by atoms with E-state index in [9.17, 15) is 18.0 Å². The van der Waals surface area contributed by atoms with Gasteiger partial charge in [-0.3, -0.25) is 4.79 Å². The van der Waals surface area contributed by atoms with E-state index in [4.69, 9.17) is 10.5 Å². The lowest BCUT2D eigenvalue weighted by Crippen LogP contribution is -2.47. The predicted molar refractivity (Wildman–Crippen MR) is 117 cm³/mol. The van der Waals surface area contributed by atoms with E-state index in [0.717, 1.165) is 30.5 Å². The van der Waals surface area contributed by atoms with Gasteiger partial charge in [0.05, 0.1) is 12.8 Å². The van der Waals surface area contributed by atoms with Gasteiger partial charge in [0.15, 0.2) is 5.17 Å². The standard InChI is InChI=1S/C17H16F3N5O3S2.C2H6/c18-17(19,20)28-10-1-2-11(22-5-10)13(26)23-12-7-29-14(24-12)16-8-27-4-3-9(16)6-30-15(21)25-16;1-2/h1-2,5,7,9H,3-4,6,8H2,(H2,21,25)(H,23,26);1-2H3. The van der Waals surface area contributed by atoms with Crippen LogP contribution in [0.2, 0.25) is 0 Å². The van der Waals surface area contributed by atoms with Gasteiger partial charge in [0.25, 0.3) is 5.91 Å². The fraction of sp³-hybridized carbons (Fsp3) is 0.474. The number of halogens is 3. The zero-order valence-corrected chi connectivity index (χ0v) is 18.9. The summed E-state index contributed by atoms with van der Waals surface area (Å²) in [7, 11) is 0. The third-order valence-corrected chi connectivity index (χ3v) is 6.63. The van der Waals surface area contributed by atoms with E-state index in [0.29, 0.717) is 29.2 Å². The van der Waals surface area contributed by atoms with E-state index in [2.05, 4.69) is 25.0 Å². The van der Waals surface area contributed by atoms with Gasteiger partial charge >= 0.3 is 6.36 Å². The van der Waals surface area contributed by atoms with Crippen LogP contribution in [-0.4, -0.2) is 46.4 Å². The summed E-state index contributed by atoms with van der Waals surface area (Å²) in [6.07, 6.45) is -3.16. The number of pyridine rings is 1. The quantitative estimate of drug-likeness (QED) is 0.667. The Hall–Kier alpha value is -2.38. The van der Waals surface area contributed by atoms with Gasteiger partial charge in [0.1, 0.15) is 27.8 Å². The fourth-order valence-corrected chi connectivity index (χ4v) is 5.28. The molecule has 2 aliphatic heterocycles. The number of carbonyl (C=O) groups excluding carboxylic acids is 1. The number of fused-ring (bicyclic) bond motifs is 1. The average molecular weight is 490 g/mol. The zero-order valence-electron chi connectivity index (χ0n) is 17.3. The van der Waals surface area contributed by atoms with Crippen LogP contribution >= 0.6 is 23.1 Å². The maximum atomic E-state index is 12.4. The number of hydrogen-bond acceptors (Lipinski definition) is 9. The summed E-state index contributed by atoms with van der Waals surface area (Å²) in [5.41, 5.74) is 5.21. The molecule has 2 unspecified atom stereocenters. The lowest BCUT2D eigenvalue weighted by atomic mass is 9.82. The van der Waals surface area contributed by atoms with Crippen LogP contribution in [0.1, 0.15) is 35.8 Å². The Morgan fingerprint density at radius 2 is 2.16 bits per heavy atom. The van der Waals surface area contributed by atoms with Crippen LogP contribution in [0.25, 0.3) is 0 Å². The number of hydrogen-bond donors (Lipinski definition) is 2. The van der Waals surface area contributed by atoms with Crippen molar-refractivity contribution >= 4 is 40.0 Å². The molecule has 174 valence electrons. The number of anilines is 1. The van der Waals surface area contributed by atoms with Crippen molar-refractivity contribution in [1.29, 1.82) is 0 Å². The summed E-state index contributed by atoms with van der Waals surface area (Å²) >= 11 is 2.84. The molecule has 0 aliphatic carbocycles. The first-order valence-electron chi connectivity index (χ1n) is 9.80. The number of rotatable bonds is 4. The number of carbonyl (C=O) groups is 1. The van der Waals surface area contributed by atoms with Crippen LogP contribution in [0.5, 0.6) is 5.75 Å². The van der Waals surface area contributed by atoms with Gasteiger partial charge in [-0.05, 0) is 18.6 Å². The van der Waals surface area contributed by atoms with E-state index in [1.165, 1.54) is 23.1 Å². The van der Waals surface area contributed by atoms with E-state index in [1.54, 1.807) is 5.38 Å². The number of alkyl halides is 3. The van der Waals surface area contributed by atoms with E-state index in [1.807, 2.05) is 13.8 Å². The molecule has 13 heteroatoms. The van der Waals surface area contributed by atoms with Crippen LogP contribution in [-0.2, 0) is 10.3 Å². The zero-order chi connectivity index (χ0) is 23.4. The van der Waals surface area contributed by atoms with Crippen LogP contribution in [0, 0.1) is 5.92 Å². The number of nitrogens with two attached hydrogens (primary N) is 1. The number of nitrogens with zero attached hydrogens (tertiary/aromatic N) is 3. The van der Waals surface area contributed by atoms with Crippen LogP contribution in [0.15, 0.2) is 28.7 Å². The number of aliphatic imine (C=N–C) groups is 1. The monoisotopic (exact) mass is 489 g/mol. The molecule has 1 fully saturated rings. The topological polar surface area (TPSA) is 112 Å². The second-order valence-corrected chi connectivity index (χ2v) is 8.54. The third kappa shape index (κ3) is 5.51. The lowest BCUT2D eigenvalue weighted by molar-refractivity contribution is -0.274. The summed E-state index contributed by atoms with van der Waals surface area (Å²) in [5.74, 6) is 0.213. The molecule has 32 heavy (non-hydrogen) atoms. The minimum atomic E-state index is -4.83. The van der Waals surface area contributed by atoms with Crippen LogP contribution < -0.4 is 15.8 Å². The number of amides is 1. The van der Waals surface area contributed by atoms with Gasteiger partial charge in [-0.2, -0.15) is 0 Å². The molecule has 0 spiro atoms. The summed E-state index contributed by atoms with van der Waals surface area (Å²) in [6.45, 7) is 5.01. The highest BCUT2D eigenvalue weighted by Gasteiger charge is 2.48. The smallest absolute Gasteiger partial charge is 0.404 e. The van der Waals surface area contributed by atoms with Crippen molar-refractivity contribution in [3.05, 3.63) is 34.4 Å². The second-order valence-electron chi connectivity index (χ2n) is 6.64. The number of amidine groups is 1. The molecular weight excluding hydrogens is 467 g/mol. The third-order valence-electron chi connectivity index (χ3n) is 4.67. The predicted octanol–water partition coefficient (Wildman–Crippen LogP) is 4.01. The SMILES string of the molecule is CC.NC1=NC2(c3nc(NC(=O)c4ccc(OC(F)(F)F)cn4)cs3)COCCC2CS1. The van der Waals surface area contributed by atoms with Crippen molar-refractivity contribution in [2.45, 2.75) is 32.2 Å². The molecule has 8 nitrogen and oxygen atoms in total. The Kier molecular flexibility index (Phi) is 7.62. The molecule has 1 saturated heterocycles. The highest BCUT2D eigenvalue weighted by Crippen LogP contribution is 2.45. The molecule has 0 bridgehead atoms. The highest BCUT2D eigenvalue weighted by molar-refractivity contribution is 8.13. The number of aromatic nitrogens is 2. The Labute approximate surface area is 190 Å². The van der Waals surface area contributed by atoms with E-state index < -0.39 is 23.6 Å². The minimum absolute atomic E-state index is 0.0764. The normalized spacial score (nSPS) is 22.7. The molecule has 2 atom stereocenters. The van der Waals surface area contributed by atoms with Gasteiger partial charge in [0, 0.05) is 23.7 Å². The van der Waals surface area contributed by atoms with Gasteiger partial charge in [0.2, 0.25) is 0 Å². The molecule has 2 aromatic heterocycles. The Morgan fingerprint density at radius 3 is 2.84 bits per heavy atom. The van der Waals surface area contributed by atoms with E-state index >= 15 is 0 Å². The average Bonchev–Trinajstić information content (AvgIpc) is 3.23. The number of ether oxygens (including phenoxy) is 2. The van der Waals surface area contributed by atoms with Gasteiger partial charge in [-0.15, -0.1) is 24.5 Å². The van der Waals surface area contributed by atoms with Crippen molar-refractivity contribution in [3.8, 4) is 5.75 Å². The molecular formula is C19H22F3N5O3S2. The highest BCUT2D eigenvalue weighted by atomic mass is 32.2. The maximum absolute atomic E-state index is 12.4. The van der Waals surface area contributed by atoms with Gasteiger partial charge in [-0.25, -0.2) is 15.0 Å². The Bertz CT molecular complexity index is 968. The molecule has 0 radical (unpaired) electrons. The molecule has 2 aliphatic rings. The van der Waals surface area contributed by atoms with Crippen molar-refractivity contribution in [2.24, 2.45) is 16.6 Å². The Morgan fingerprint density at radius 1 is 1.38 bits per heavy atom. The largest absolute Gasteiger partial charge is 0.573 e. The van der Waals surface area contributed by atoms with Gasteiger partial charge in [-0.1, -0.05) is 25.6 Å². The summed E-state index contributed by atoms with van der Waals surface area (Å²) in [5, 5.41) is 5.43. The van der Waals surface area contributed by atoms with Crippen molar-refractivity contribution in [1.82, 2.24) is 9.97 Å². The van der Waals surface area contributed by atoms with Crippen molar-refractivity contribution in [3.63, 3.8) is 0 Å². The summed E-state index contributed by atoms with van der Waals surface area (Å²) < 4.78 is 46.1. The van der Waals surface area contributed by atoms with Crippen LogP contribution in [0.3, 0.4) is 0 Å². The van der Waals surface area contributed by atoms with Gasteiger partial charge < -0.3 is 20.5 Å². The van der Waals surface area contributed by atoms with Crippen molar-refractivity contribution in [2.75, 3.05) is 24.3 Å². The number of nitrogens with one attached hydrogen (secondary N) is 1. The molecule has 1 amide bonds. The molecule has 0 aromatic carbocycles.